The zero-order chi connectivity index (χ0) is 13.7. The molecule has 0 heterocycles. The normalized spacial score (nSPS) is 19.4. The third kappa shape index (κ3) is 1.21. The number of nitrogens with zero attached hydrogens (tertiary/aromatic N) is 1. The van der Waals surface area contributed by atoms with Gasteiger partial charge in [0.15, 0.2) is 0 Å². The fourth-order valence-corrected chi connectivity index (χ4v) is 3.44. The van der Waals surface area contributed by atoms with Crippen LogP contribution in [0.4, 0.5) is 0 Å². The highest BCUT2D eigenvalue weighted by Crippen LogP contribution is 2.50. The van der Waals surface area contributed by atoms with Gasteiger partial charge in [-0.25, -0.2) is 0 Å². The number of hydrogen-bond acceptors (Lipinski definition) is 1. The molecule has 4 rings (SSSR count). The zero-order valence-corrected chi connectivity index (χ0v) is 11.2. The van der Waals surface area contributed by atoms with Gasteiger partial charge in [-0.3, -0.25) is 0 Å². The van der Waals surface area contributed by atoms with Crippen LogP contribution in [0.2, 0.25) is 0 Å². The Balaban J connectivity index is 2.23. The Labute approximate surface area is 118 Å². The molecule has 1 atom stereocenters. The van der Waals surface area contributed by atoms with Gasteiger partial charge in [0.2, 0.25) is 0 Å². The second-order valence-corrected chi connectivity index (χ2v) is 5.49. The lowest BCUT2D eigenvalue weighted by Crippen LogP contribution is -2.18. The highest BCUT2D eigenvalue weighted by molar-refractivity contribution is 5.98. The maximum Gasteiger partial charge on any atom is 0.106 e. The highest BCUT2D eigenvalue weighted by atomic mass is 14.4. The molecular weight excluding hydrogens is 242 g/mol. The Bertz CT molecular complexity index is 886. The van der Waals surface area contributed by atoms with Crippen molar-refractivity contribution < 1.29 is 0 Å². The summed E-state index contributed by atoms with van der Waals surface area (Å²) in [5.41, 5.74) is 4.10. The van der Waals surface area contributed by atoms with Gasteiger partial charge in [-0.1, -0.05) is 60.7 Å². The molecule has 1 aliphatic rings. The molecule has 1 heteroatoms. The minimum absolute atomic E-state index is 0.563. The van der Waals surface area contributed by atoms with Gasteiger partial charge in [-0.2, -0.15) is 5.26 Å². The van der Waals surface area contributed by atoms with Crippen LogP contribution in [0.5, 0.6) is 0 Å². The number of rotatable bonds is 0. The average molecular weight is 255 g/mol. The van der Waals surface area contributed by atoms with E-state index < -0.39 is 5.41 Å². The van der Waals surface area contributed by atoms with Crippen LogP contribution in [0, 0.1) is 11.3 Å². The van der Waals surface area contributed by atoms with Gasteiger partial charge in [-0.15, -0.1) is 0 Å². The lowest BCUT2D eigenvalue weighted by atomic mass is 9.80. The van der Waals surface area contributed by atoms with E-state index in [1.165, 1.54) is 21.9 Å². The molecule has 94 valence electrons. The van der Waals surface area contributed by atoms with Gasteiger partial charge < -0.3 is 0 Å². The van der Waals surface area contributed by atoms with Crippen molar-refractivity contribution in [3.05, 3.63) is 71.8 Å². The average Bonchev–Trinajstić information content (AvgIpc) is 2.78. The van der Waals surface area contributed by atoms with E-state index in [-0.39, 0.29) is 0 Å². The van der Waals surface area contributed by atoms with E-state index in [9.17, 15) is 5.26 Å². The van der Waals surface area contributed by atoms with E-state index in [0.29, 0.717) is 0 Å². The monoisotopic (exact) mass is 255 g/mol. The van der Waals surface area contributed by atoms with Crippen molar-refractivity contribution in [3.8, 4) is 17.2 Å². The largest absolute Gasteiger partial charge is 0.197 e. The third-order valence-corrected chi connectivity index (χ3v) is 4.41. The van der Waals surface area contributed by atoms with Crippen molar-refractivity contribution >= 4 is 10.8 Å². The Morgan fingerprint density at radius 3 is 2.45 bits per heavy atom. The Morgan fingerprint density at radius 1 is 0.850 bits per heavy atom. The fourth-order valence-electron chi connectivity index (χ4n) is 3.44. The standard InChI is InChI=1S/C19H13N/c1-19(12-20)17-9-5-4-8-15(17)16-11-10-13-6-2-3-7-14(13)18(16)19/h2-11H,1H3. The van der Waals surface area contributed by atoms with Crippen molar-refractivity contribution in [2.45, 2.75) is 12.3 Å². The Kier molecular flexibility index (Phi) is 2.09. The topological polar surface area (TPSA) is 23.8 Å². The summed E-state index contributed by atoms with van der Waals surface area (Å²) in [5, 5.41) is 12.2. The minimum atomic E-state index is -0.563. The number of fused-ring (bicyclic) bond motifs is 5. The lowest BCUT2D eigenvalue weighted by molar-refractivity contribution is 0.772. The summed E-state index contributed by atoms with van der Waals surface area (Å²) in [6, 6.07) is 23.4. The molecule has 0 spiro atoms. The Hall–Kier alpha value is -2.59. The lowest BCUT2D eigenvalue weighted by Gasteiger charge is -2.19. The molecule has 0 aliphatic heterocycles. The molecule has 3 aromatic rings. The maximum absolute atomic E-state index is 9.83. The summed E-state index contributed by atoms with van der Waals surface area (Å²) < 4.78 is 0. The van der Waals surface area contributed by atoms with Crippen molar-refractivity contribution in [3.63, 3.8) is 0 Å². The van der Waals surface area contributed by atoms with Crippen LogP contribution in [0.25, 0.3) is 21.9 Å². The van der Waals surface area contributed by atoms with E-state index in [4.69, 9.17) is 0 Å². The summed E-state index contributed by atoms with van der Waals surface area (Å²) in [5.74, 6) is 0. The first kappa shape index (κ1) is 11.3. The molecule has 0 saturated carbocycles. The van der Waals surface area contributed by atoms with Gasteiger partial charge in [-0.05, 0) is 39.9 Å². The van der Waals surface area contributed by atoms with Crippen molar-refractivity contribution in [1.82, 2.24) is 0 Å². The second kappa shape index (κ2) is 3.71. The van der Waals surface area contributed by atoms with E-state index in [1.807, 2.05) is 31.2 Å². The predicted molar refractivity (Wildman–Crippen MR) is 81.5 cm³/mol. The van der Waals surface area contributed by atoms with Crippen LogP contribution in [0.15, 0.2) is 60.7 Å². The van der Waals surface area contributed by atoms with Crippen LogP contribution in [0.3, 0.4) is 0 Å². The molecule has 0 saturated heterocycles. The van der Waals surface area contributed by atoms with Crippen molar-refractivity contribution in [1.29, 1.82) is 5.26 Å². The first-order valence-electron chi connectivity index (χ1n) is 6.79. The van der Waals surface area contributed by atoms with Gasteiger partial charge >= 0.3 is 0 Å². The summed E-state index contributed by atoms with van der Waals surface area (Å²) in [4.78, 5) is 0. The molecule has 1 aliphatic carbocycles. The first-order valence-corrected chi connectivity index (χ1v) is 6.79. The van der Waals surface area contributed by atoms with E-state index in [2.05, 4.69) is 42.5 Å². The van der Waals surface area contributed by atoms with Gasteiger partial charge in [0.05, 0.1) is 6.07 Å². The van der Waals surface area contributed by atoms with Crippen molar-refractivity contribution in [2.24, 2.45) is 0 Å². The molecule has 0 fully saturated rings. The summed E-state index contributed by atoms with van der Waals surface area (Å²) in [7, 11) is 0. The zero-order valence-electron chi connectivity index (χ0n) is 11.2. The molecule has 0 radical (unpaired) electrons. The van der Waals surface area contributed by atoms with E-state index in [0.717, 1.165) is 11.1 Å². The number of nitriles is 1. The second-order valence-electron chi connectivity index (χ2n) is 5.49. The smallest absolute Gasteiger partial charge is 0.106 e. The molecule has 0 N–H and O–H groups in total. The summed E-state index contributed by atoms with van der Waals surface area (Å²) >= 11 is 0. The van der Waals surface area contributed by atoms with Crippen LogP contribution >= 0.6 is 0 Å². The van der Waals surface area contributed by atoms with Gasteiger partial charge in [0, 0.05) is 0 Å². The number of benzene rings is 3. The van der Waals surface area contributed by atoms with Crippen LogP contribution in [-0.2, 0) is 5.41 Å². The van der Waals surface area contributed by atoms with E-state index in [1.54, 1.807) is 0 Å². The van der Waals surface area contributed by atoms with Crippen molar-refractivity contribution in [2.75, 3.05) is 0 Å². The third-order valence-electron chi connectivity index (χ3n) is 4.41. The van der Waals surface area contributed by atoms with Crippen LogP contribution in [-0.4, -0.2) is 0 Å². The molecule has 1 nitrogen and oxygen atoms in total. The molecule has 20 heavy (non-hydrogen) atoms. The van der Waals surface area contributed by atoms with E-state index >= 15 is 0 Å². The van der Waals surface area contributed by atoms with Crippen LogP contribution < -0.4 is 0 Å². The molecule has 0 amide bonds. The minimum Gasteiger partial charge on any atom is -0.197 e. The first-order chi connectivity index (χ1) is 9.75. The van der Waals surface area contributed by atoms with Crippen LogP contribution in [0.1, 0.15) is 18.1 Å². The quantitative estimate of drug-likeness (QED) is 0.573. The maximum atomic E-state index is 9.83. The molecule has 3 aromatic carbocycles. The predicted octanol–water partition coefficient (Wildman–Crippen LogP) is 4.65. The SMILES string of the molecule is CC1(C#N)c2ccccc2-c2ccc3ccccc3c21. The molecule has 1 unspecified atom stereocenters. The molecular formula is C19H13N. The highest BCUT2D eigenvalue weighted by Gasteiger charge is 2.40. The molecule has 0 aromatic heterocycles. The summed E-state index contributed by atoms with van der Waals surface area (Å²) in [6.07, 6.45) is 0. The fraction of sp³-hybridized carbons (Fsp3) is 0.105. The van der Waals surface area contributed by atoms with Gasteiger partial charge in [0.1, 0.15) is 5.41 Å². The van der Waals surface area contributed by atoms with Gasteiger partial charge in [0.25, 0.3) is 0 Å². The number of hydrogen-bond donors (Lipinski definition) is 0. The summed E-state index contributed by atoms with van der Waals surface area (Å²) in [6.45, 7) is 2.03. The molecule has 0 bridgehead atoms. The Morgan fingerprint density at radius 2 is 1.60 bits per heavy atom.